The second kappa shape index (κ2) is 6.69. The number of pyridine rings is 1. The number of benzene rings is 2. The van der Waals surface area contributed by atoms with Crippen molar-refractivity contribution in [3.8, 4) is 6.07 Å². The Morgan fingerprint density at radius 3 is 2.63 bits per heavy atom. The number of aryl methyl sites for hydroxylation is 1. The summed E-state index contributed by atoms with van der Waals surface area (Å²) in [4.78, 5) is 7.46. The average Bonchev–Trinajstić information content (AvgIpc) is 2.96. The maximum atomic E-state index is 13.7. The van der Waals surface area contributed by atoms with Crippen molar-refractivity contribution in [1.82, 2.24) is 9.97 Å². The van der Waals surface area contributed by atoms with Gasteiger partial charge in [-0.25, -0.2) is 8.78 Å². The molecule has 0 spiro atoms. The minimum absolute atomic E-state index is 0.280. The highest BCUT2D eigenvalue weighted by Gasteiger charge is 2.12. The second-order valence-electron chi connectivity index (χ2n) is 6.42. The number of nitrogens with zero attached hydrogens (tertiary/aromatic N) is 2. The van der Waals surface area contributed by atoms with Gasteiger partial charge >= 0.3 is 0 Å². The monoisotopic (exact) mass is 362 g/mol. The van der Waals surface area contributed by atoms with Crippen LogP contribution < -0.4 is 5.32 Å². The highest BCUT2D eigenvalue weighted by Crippen LogP contribution is 2.27. The molecule has 0 bridgehead atoms. The van der Waals surface area contributed by atoms with E-state index >= 15 is 0 Å². The van der Waals surface area contributed by atoms with Gasteiger partial charge in [0, 0.05) is 34.7 Å². The van der Waals surface area contributed by atoms with Gasteiger partial charge in [-0.05, 0) is 55.3 Å². The highest BCUT2D eigenvalue weighted by molar-refractivity contribution is 5.94. The lowest BCUT2D eigenvalue weighted by Gasteiger charge is -2.11. The Kier molecular flexibility index (Phi) is 4.21. The molecule has 2 heterocycles. The van der Waals surface area contributed by atoms with Gasteiger partial charge in [-0.3, -0.25) is 4.98 Å². The van der Waals surface area contributed by atoms with Gasteiger partial charge in [0.25, 0.3) is 0 Å². The number of hydrogen-bond acceptors (Lipinski definition) is 3. The first kappa shape index (κ1) is 17.0. The summed E-state index contributed by atoms with van der Waals surface area (Å²) in [5.74, 6) is -0.663. The molecule has 0 aliphatic rings. The van der Waals surface area contributed by atoms with Crippen LogP contribution in [-0.2, 0) is 6.42 Å². The summed E-state index contributed by atoms with van der Waals surface area (Å²) in [5.41, 5.74) is 4.41. The topological polar surface area (TPSA) is 64.5 Å². The summed E-state index contributed by atoms with van der Waals surface area (Å²) in [6.45, 7) is 2.46. The van der Waals surface area contributed by atoms with E-state index in [0.717, 1.165) is 22.2 Å². The fraction of sp³-hybridized carbons (Fsp3) is 0.143. The first-order valence-electron chi connectivity index (χ1n) is 8.56. The molecule has 0 saturated heterocycles. The molecule has 134 valence electrons. The van der Waals surface area contributed by atoms with Gasteiger partial charge in [-0.1, -0.05) is 0 Å². The normalized spacial score (nSPS) is 11.0. The van der Waals surface area contributed by atoms with Crippen LogP contribution in [0.2, 0.25) is 0 Å². The van der Waals surface area contributed by atoms with E-state index in [1.807, 2.05) is 6.92 Å². The highest BCUT2D eigenvalue weighted by atomic mass is 19.1. The lowest BCUT2D eigenvalue weighted by molar-refractivity contribution is 0.629. The Bertz CT molecular complexity index is 1200. The molecule has 27 heavy (non-hydrogen) atoms. The smallest absolute Gasteiger partial charge is 0.124 e. The standard InChI is InChI=1S/C21H16F2N4/c1-12-16(17-8-14(22)3-5-20(17)27-12)6-7-25-21-13(10-24)11-26-19-4-2-15(23)9-18(19)21/h2-5,8-9,11,27H,6-7H2,1H3,(H,25,26). The second-order valence-corrected chi connectivity index (χ2v) is 6.42. The predicted octanol–water partition coefficient (Wildman–Crippen LogP) is 4.83. The van der Waals surface area contributed by atoms with Gasteiger partial charge in [0.15, 0.2) is 0 Å². The zero-order valence-electron chi connectivity index (χ0n) is 14.6. The quantitative estimate of drug-likeness (QED) is 0.547. The van der Waals surface area contributed by atoms with Crippen molar-refractivity contribution in [1.29, 1.82) is 5.26 Å². The summed E-state index contributed by atoms with van der Waals surface area (Å²) < 4.78 is 27.3. The molecule has 4 rings (SSSR count). The molecule has 0 aliphatic carbocycles. The Morgan fingerprint density at radius 2 is 1.85 bits per heavy atom. The minimum Gasteiger partial charge on any atom is -0.383 e. The molecule has 6 heteroatoms. The molecular weight excluding hydrogens is 346 g/mol. The van der Waals surface area contributed by atoms with Gasteiger partial charge in [0.05, 0.1) is 16.8 Å². The Morgan fingerprint density at radius 1 is 1.11 bits per heavy atom. The molecule has 4 aromatic rings. The lowest BCUT2D eigenvalue weighted by atomic mass is 10.1. The zero-order chi connectivity index (χ0) is 19.0. The van der Waals surface area contributed by atoms with Crippen LogP contribution in [0.25, 0.3) is 21.8 Å². The minimum atomic E-state index is -0.384. The van der Waals surface area contributed by atoms with Crippen molar-refractivity contribution >= 4 is 27.5 Å². The van der Waals surface area contributed by atoms with E-state index in [9.17, 15) is 14.0 Å². The van der Waals surface area contributed by atoms with E-state index in [-0.39, 0.29) is 11.6 Å². The van der Waals surface area contributed by atoms with E-state index in [2.05, 4.69) is 21.4 Å². The van der Waals surface area contributed by atoms with E-state index in [0.29, 0.717) is 35.1 Å². The van der Waals surface area contributed by atoms with E-state index in [4.69, 9.17) is 0 Å². The van der Waals surface area contributed by atoms with Crippen molar-refractivity contribution in [3.05, 3.63) is 71.1 Å². The molecular formula is C21H16F2N4. The maximum Gasteiger partial charge on any atom is 0.124 e. The molecule has 2 N–H and O–H groups in total. The number of anilines is 1. The number of nitrogens with one attached hydrogen (secondary N) is 2. The molecule has 2 aromatic heterocycles. The van der Waals surface area contributed by atoms with Gasteiger partial charge < -0.3 is 10.3 Å². The van der Waals surface area contributed by atoms with Crippen LogP contribution >= 0.6 is 0 Å². The fourth-order valence-corrected chi connectivity index (χ4v) is 3.43. The van der Waals surface area contributed by atoms with Crippen LogP contribution in [0.4, 0.5) is 14.5 Å². The molecule has 0 atom stereocenters. The van der Waals surface area contributed by atoms with Crippen molar-refractivity contribution in [2.45, 2.75) is 13.3 Å². The van der Waals surface area contributed by atoms with Crippen LogP contribution in [-0.4, -0.2) is 16.5 Å². The number of halogens is 2. The number of nitriles is 1. The fourth-order valence-electron chi connectivity index (χ4n) is 3.43. The molecule has 0 radical (unpaired) electrons. The molecule has 0 unspecified atom stereocenters. The largest absolute Gasteiger partial charge is 0.383 e. The number of hydrogen-bond donors (Lipinski definition) is 2. The van der Waals surface area contributed by atoms with Crippen LogP contribution in [0.5, 0.6) is 0 Å². The summed E-state index contributed by atoms with van der Waals surface area (Å²) in [6, 6.07) is 11.1. The van der Waals surface area contributed by atoms with E-state index in [1.54, 1.807) is 12.1 Å². The van der Waals surface area contributed by atoms with Crippen LogP contribution in [0.1, 0.15) is 16.8 Å². The van der Waals surface area contributed by atoms with Crippen LogP contribution in [0.3, 0.4) is 0 Å². The third-order valence-electron chi connectivity index (χ3n) is 4.71. The third kappa shape index (κ3) is 3.08. The van der Waals surface area contributed by atoms with Crippen molar-refractivity contribution in [2.24, 2.45) is 0 Å². The van der Waals surface area contributed by atoms with Crippen LogP contribution in [0, 0.1) is 29.9 Å². The third-order valence-corrected chi connectivity index (χ3v) is 4.71. The number of aromatic nitrogens is 2. The van der Waals surface area contributed by atoms with Gasteiger partial charge in [0.2, 0.25) is 0 Å². The molecule has 2 aromatic carbocycles. The summed E-state index contributed by atoms with van der Waals surface area (Å²) in [5, 5.41) is 14.0. The maximum absolute atomic E-state index is 13.7. The summed E-state index contributed by atoms with van der Waals surface area (Å²) in [7, 11) is 0. The zero-order valence-corrected chi connectivity index (χ0v) is 14.6. The Labute approximate surface area is 154 Å². The lowest BCUT2D eigenvalue weighted by Crippen LogP contribution is -2.08. The van der Waals surface area contributed by atoms with Crippen molar-refractivity contribution in [2.75, 3.05) is 11.9 Å². The predicted molar refractivity (Wildman–Crippen MR) is 102 cm³/mol. The first-order chi connectivity index (χ1) is 13.1. The van der Waals surface area contributed by atoms with E-state index < -0.39 is 0 Å². The Balaban J connectivity index is 1.65. The number of aromatic amines is 1. The number of H-pyrrole nitrogens is 1. The van der Waals surface area contributed by atoms with Crippen molar-refractivity contribution < 1.29 is 8.78 Å². The number of rotatable bonds is 4. The molecule has 4 nitrogen and oxygen atoms in total. The SMILES string of the molecule is Cc1[nH]c2ccc(F)cc2c1CCNc1c(C#N)cnc2ccc(F)cc12. The summed E-state index contributed by atoms with van der Waals surface area (Å²) in [6.07, 6.45) is 2.11. The van der Waals surface area contributed by atoms with Gasteiger partial charge in [0.1, 0.15) is 17.7 Å². The van der Waals surface area contributed by atoms with Gasteiger partial charge in [-0.2, -0.15) is 5.26 Å². The molecule has 0 saturated carbocycles. The van der Waals surface area contributed by atoms with Crippen molar-refractivity contribution in [3.63, 3.8) is 0 Å². The van der Waals surface area contributed by atoms with Crippen LogP contribution in [0.15, 0.2) is 42.6 Å². The summed E-state index contributed by atoms with van der Waals surface area (Å²) >= 11 is 0. The average molecular weight is 362 g/mol. The molecule has 0 aliphatic heterocycles. The van der Waals surface area contributed by atoms with E-state index in [1.165, 1.54) is 30.5 Å². The molecule has 0 amide bonds. The number of fused-ring (bicyclic) bond motifs is 2. The van der Waals surface area contributed by atoms with Gasteiger partial charge in [-0.15, -0.1) is 0 Å². The molecule has 0 fully saturated rings. The first-order valence-corrected chi connectivity index (χ1v) is 8.56. The Hall–Kier alpha value is -3.46.